The minimum absolute atomic E-state index is 0.254. The molecule has 0 amide bonds. The van der Waals surface area contributed by atoms with Gasteiger partial charge in [0.25, 0.3) is 0 Å². The average Bonchev–Trinajstić information content (AvgIpc) is 2.88. The molecule has 1 fully saturated rings. The third kappa shape index (κ3) is 2.19. The van der Waals surface area contributed by atoms with Crippen molar-refractivity contribution >= 4 is 16.9 Å². The smallest absolute Gasteiger partial charge is 0.307 e. The van der Waals surface area contributed by atoms with Crippen LogP contribution in [0.3, 0.4) is 0 Å². The van der Waals surface area contributed by atoms with E-state index in [0.717, 1.165) is 25.8 Å². The van der Waals surface area contributed by atoms with E-state index in [4.69, 9.17) is 0 Å². The Morgan fingerprint density at radius 3 is 2.96 bits per heavy atom. The van der Waals surface area contributed by atoms with Crippen molar-refractivity contribution in [3.05, 3.63) is 35.5 Å². The van der Waals surface area contributed by atoms with Crippen LogP contribution in [0, 0.1) is 5.92 Å². The van der Waals surface area contributed by atoms with Crippen LogP contribution < -0.4 is 0 Å². The molecule has 0 bridgehead atoms. The normalized spacial score (nSPS) is 27.1. The van der Waals surface area contributed by atoms with Gasteiger partial charge in [-0.2, -0.15) is 0 Å². The SMILES string of the molecule is CCCn1cc2c3c(cccc31)[C@H]1CC(C(=O)O)CN(C)[C@@H]1C2. The molecule has 0 saturated carbocycles. The molecule has 1 aromatic heterocycles. The number of hydrogen-bond acceptors (Lipinski definition) is 2. The molecule has 4 rings (SSSR count). The third-order valence-corrected chi connectivity index (χ3v) is 5.74. The maximum Gasteiger partial charge on any atom is 0.307 e. The fourth-order valence-electron chi connectivity index (χ4n) is 4.72. The molecule has 2 heterocycles. The Kier molecular flexibility index (Phi) is 3.45. The summed E-state index contributed by atoms with van der Waals surface area (Å²) in [5.41, 5.74) is 4.12. The number of fused-ring (bicyclic) bond motifs is 2. The second-order valence-electron chi connectivity index (χ2n) is 7.18. The Balaban J connectivity index is 1.84. The van der Waals surface area contributed by atoms with Crippen molar-refractivity contribution < 1.29 is 9.90 Å². The molecule has 1 unspecified atom stereocenters. The minimum Gasteiger partial charge on any atom is -0.481 e. The second kappa shape index (κ2) is 5.38. The number of carboxylic acids is 1. The summed E-state index contributed by atoms with van der Waals surface area (Å²) in [6.07, 6.45) is 5.26. The van der Waals surface area contributed by atoms with E-state index in [2.05, 4.69) is 47.8 Å². The first kappa shape index (κ1) is 14.8. The number of aliphatic carboxylic acids is 1. The number of piperidine rings is 1. The van der Waals surface area contributed by atoms with Gasteiger partial charge in [-0.05, 0) is 43.5 Å². The molecule has 2 aromatic rings. The highest BCUT2D eigenvalue weighted by Crippen LogP contribution is 2.44. The molecule has 23 heavy (non-hydrogen) atoms. The lowest BCUT2D eigenvalue weighted by Crippen LogP contribution is -2.49. The second-order valence-corrected chi connectivity index (χ2v) is 7.18. The summed E-state index contributed by atoms with van der Waals surface area (Å²) in [5, 5.41) is 10.9. The van der Waals surface area contributed by atoms with E-state index in [1.807, 2.05) is 0 Å². The summed E-state index contributed by atoms with van der Waals surface area (Å²) in [6, 6.07) is 7.00. The highest BCUT2D eigenvalue weighted by atomic mass is 16.4. The largest absolute Gasteiger partial charge is 0.481 e. The van der Waals surface area contributed by atoms with Crippen LogP contribution in [0.2, 0.25) is 0 Å². The van der Waals surface area contributed by atoms with Gasteiger partial charge in [0, 0.05) is 42.1 Å². The molecule has 2 aliphatic rings. The van der Waals surface area contributed by atoms with Crippen LogP contribution in [0.4, 0.5) is 0 Å². The highest BCUT2D eigenvalue weighted by Gasteiger charge is 2.41. The minimum atomic E-state index is -0.656. The van der Waals surface area contributed by atoms with Crippen LogP contribution in [0.1, 0.15) is 36.8 Å². The van der Waals surface area contributed by atoms with E-state index in [1.54, 1.807) is 0 Å². The number of benzene rings is 1. The number of likely N-dealkylation sites (tertiary alicyclic amines) is 1. The van der Waals surface area contributed by atoms with Crippen LogP contribution >= 0.6 is 0 Å². The average molecular weight is 312 g/mol. The van der Waals surface area contributed by atoms with E-state index < -0.39 is 5.97 Å². The van der Waals surface area contributed by atoms with Crippen LogP contribution in [-0.2, 0) is 17.8 Å². The molecule has 4 nitrogen and oxygen atoms in total. The monoisotopic (exact) mass is 312 g/mol. The Labute approximate surface area is 136 Å². The van der Waals surface area contributed by atoms with Crippen molar-refractivity contribution in [2.24, 2.45) is 5.92 Å². The zero-order chi connectivity index (χ0) is 16.1. The topological polar surface area (TPSA) is 45.5 Å². The maximum atomic E-state index is 11.5. The summed E-state index contributed by atoms with van der Waals surface area (Å²) in [5.74, 6) is -0.573. The molecule has 1 aromatic carbocycles. The molecule has 1 aliphatic carbocycles. The number of nitrogens with zero attached hydrogens (tertiary/aromatic N) is 2. The van der Waals surface area contributed by atoms with E-state index in [0.29, 0.717) is 18.5 Å². The van der Waals surface area contributed by atoms with Crippen molar-refractivity contribution in [3.63, 3.8) is 0 Å². The van der Waals surface area contributed by atoms with Crippen molar-refractivity contribution in [3.8, 4) is 0 Å². The Morgan fingerprint density at radius 1 is 1.39 bits per heavy atom. The van der Waals surface area contributed by atoms with Gasteiger partial charge in [-0.3, -0.25) is 4.79 Å². The van der Waals surface area contributed by atoms with Gasteiger partial charge in [0.1, 0.15) is 0 Å². The molecule has 1 aliphatic heterocycles. The lowest BCUT2D eigenvalue weighted by molar-refractivity contribution is -0.144. The molecule has 4 heteroatoms. The number of rotatable bonds is 3. The Hall–Kier alpha value is -1.81. The van der Waals surface area contributed by atoms with Gasteiger partial charge in [-0.1, -0.05) is 19.1 Å². The van der Waals surface area contributed by atoms with E-state index in [9.17, 15) is 9.90 Å². The Bertz CT molecular complexity index is 764. The quantitative estimate of drug-likeness (QED) is 0.947. The molecule has 0 spiro atoms. The number of hydrogen-bond donors (Lipinski definition) is 1. The molecular formula is C19H24N2O2. The zero-order valence-electron chi connectivity index (χ0n) is 13.8. The fourth-order valence-corrected chi connectivity index (χ4v) is 4.72. The van der Waals surface area contributed by atoms with Gasteiger partial charge in [0.15, 0.2) is 0 Å². The van der Waals surface area contributed by atoms with Gasteiger partial charge in [-0.25, -0.2) is 0 Å². The van der Waals surface area contributed by atoms with Crippen molar-refractivity contribution in [1.82, 2.24) is 9.47 Å². The van der Waals surface area contributed by atoms with Crippen molar-refractivity contribution in [2.45, 2.75) is 44.7 Å². The summed E-state index contributed by atoms with van der Waals surface area (Å²) >= 11 is 0. The standard InChI is InChI=1S/C19H24N2O2/c1-3-7-21-11-12-9-17-15(8-13(19(22)23)10-20(17)2)14-5-4-6-16(21)18(12)14/h4-6,11,13,15,17H,3,7-10H2,1-2H3,(H,22,23)/t13?,15-,17-/m1/s1. The van der Waals surface area contributed by atoms with Crippen LogP contribution in [-0.4, -0.2) is 40.2 Å². The first-order chi connectivity index (χ1) is 11.1. The summed E-state index contributed by atoms with van der Waals surface area (Å²) in [4.78, 5) is 13.8. The van der Waals surface area contributed by atoms with Crippen LogP contribution in [0.25, 0.3) is 10.9 Å². The fraction of sp³-hybridized carbons (Fsp3) is 0.526. The zero-order valence-corrected chi connectivity index (χ0v) is 13.8. The van der Waals surface area contributed by atoms with Gasteiger partial charge >= 0.3 is 5.97 Å². The molecule has 1 N–H and O–H groups in total. The van der Waals surface area contributed by atoms with E-state index in [1.165, 1.54) is 22.0 Å². The number of carboxylic acid groups (broad SMARTS) is 1. The van der Waals surface area contributed by atoms with Gasteiger partial charge in [-0.15, -0.1) is 0 Å². The van der Waals surface area contributed by atoms with Crippen LogP contribution in [0.5, 0.6) is 0 Å². The Morgan fingerprint density at radius 2 is 2.22 bits per heavy atom. The summed E-state index contributed by atoms with van der Waals surface area (Å²) in [6.45, 7) is 3.92. The predicted molar refractivity (Wildman–Crippen MR) is 90.8 cm³/mol. The first-order valence-electron chi connectivity index (χ1n) is 8.63. The maximum absolute atomic E-state index is 11.5. The van der Waals surface area contributed by atoms with E-state index >= 15 is 0 Å². The van der Waals surface area contributed by atoms with Gasteiger partial charge < -0.3 is 14.6 Å². The molecule has 3 atom stereocenters. The van der Waals surface area contributed by atoms with Crippen molar-refractivity contribution in [1.29, 1.82) is 0 Å². The number of carbonyl (C=O) groups is 1. The summed E-state index contributed by atoms with van der Waals surface area (Å²) < 4.78 is 2.38. The van der Waals surface area contributed by atoms with Crippen molar-refractivity contribution in [2.75, 3.05) is 13.6 Å². The van der Waals surface area contributed by atoms with E-state index in [-0.39, 0.29) is 5.92 Å². The number of aryl methyl sites for hydroxylation is 1. The molecule has 1 saturated heterocycles. The molecule has 0 radical (unpaired) electrons. The third-order valence-electron chi connectivity index (χ3n) is 5.74. The first-order valence-corrected chi connectivity index (χ1v) is 8.63. The number of aromatic nitrogens is 1. The lowest BCUT2D eigenvalue weighted by atomic mass is 9.72. The molecule has 122 valence electrons. The molecular weight excluding hydrogens is 288 g/mol. The summed E-state index contributed by atoms with van der Waals surface area (Å²) in [7, 11) is 2.08. The lowest BCUT2D eigenvalue weighted by Gasteiger charge is -2.44. The van der Waals surface area contributed by atoms with Crippen LogP contribution in [0.15, 0.2) is 24.4 Å². The number of likely N-dealkylation sites (N-methyl/N-ethyl adjacent to an activating group) is 1. The van der Waals surface area contributed by atoms with Gasteiger partial charge in [0.2, 0.25) is 0 Å². The predicted octanol–water partition coefficient (Wildman–Crippen LogP) is 3.10. The highest BCUT2D eigenvalue weighted by molar-refractivity contribution is 5.89. The van der Waals surface area contributed by atoms with Gasteiger partial charge in [0.05, 0.1) is 5.92 Å².